The van der Waals surface area contributed by atoms with Gasteiger partial charge in [0.25, 0.3) is 0 Å². The molecule has 1 saturated heterocycles. The fourth-order valence-corrected chi connectivity index (χ4v) is 2.35. The molecule has 0 amide bonds. The third-order valence-corrected chi connectivity index (χ3v) is 3.50. The summed E-state index contributed by atoms with van der Waals surface area (Å²) >= 11 is 0. The van der Waals surface area contributed by atoms with Gasteiger partial charge in [0.15, 0.2) is 12.6 Å². The highest BCUT2D eigenvalue weighted by Crippen LogP contribution is 2.33. The van der Waals surface area contributed by atoms with Crippen LogP contribution in [0, 0.1) is 0 Å². The fourth-order valence-electron chi connectivity index (χ4n) is 2.35. The van der Waals surface area contributed by atoms with Crippen molar-refractivity contribution in [3.8, 4) is 17.0 Å². The average molecular weight is 302 g/mol. The Kier molecular flexibility index (Phi) is 4.08. The average Bonchev–Trinajstić information content (AvgIpc) is 2.51. The van der Waals surface area contributed by atoms with Crippen LogP contribution in [0.2, 0.25) is 0 Å². The summed E-state index contributed by atoms with van der Waals surface area (Å²) in [5, 5.41) is 17.6. The van der Waals surface area contributed by atoms with Gasteiger partial charge in [-0.25, -0.2) is 0 Å². The highest BCUT2D eigenvalue weighted by molar-refractivity contribution is 5.74. The van der Waals surface area contributed by atoms with Crippen molar-refractivity contribution >= 4 is 11.5 Å². The van der Waals surface area contributed by atoms with Crippen molar-refractivity contribution in [3.05, 3.63) is 30.3 Å². The van der Waals surface area contributed by atoms with Crippen molar-refractivity contribution in [2.24, 2.45) is 0 Å². The Morgan fingerprint density at radius 1 is 1.32 bits per heavy atom. The number of hydrogen-bond acceptors (Lipinski definition) is 7. The first-order valence-electron chi connectivity index (χ1n) is 6.96. The molecule has 22 heavy (non-hydrogen) atoms. The van der Waals surface area contributed by atoms with Crippen LogP contribution in [0.4, 0.5) is 11.5 Å². The number of ether oxygens (including phenoxy) is 2. The van der Waals surface area contributed by atoms with Gasteiger partial charge in [0, 0.05) is 25.8 Å². The molecule has 0 spiro atoms. The molecule has 2 aromatic rings. The van der Waals surface area contributed by atoms with Crippen LogP contribution in [0.5, 0.6) is 5.75 Å². The van der Waals surface area contributed by atoms with Crippen LogP contribution in [0.3, 0.4) is 0 Å². The number of methoxy groups -OCH3 is 1. The van der Waals surface area contributed by atoms with E-state index in [1.54, 1.807) is 7.11 Å². The molecule has 1 aromatic heterocycles. The van der Waals surface area contributed by atoms with Gasteiger partial charge in [-0.1, -0.05) is 12.1 Å². The van der Waals surface area contributed by atoms with Crippen LogP contribution in [-0.4, -0.2) is 48.4 Å². The fraction of sp³-hybridized carbons (Fsp3) is 0.333. The van der Waals surface area contributed by atoms with Crippen LogP contribution < -0.4 is 15.4 Å². The van der Waals surface area contributed by atoms with Crippen molar-refractivity contribution in [1.29, 1.82) is 0 Å². The van der Waals surface area contributed by atoms with Gasteiger partial charge in [-0.15, -0.1) is 10.2 Å². The van der Waals surface area contributed by atoms with Gasteiger partial charge in [0.1, 0.15) is 5.75 Å². The van der Waals surface area contributed by atoms with E-state index in [-0.39, 0.29) is 12.9 Å². The largest absolute Gasteiger partial charge is 0.467 e. The second-order valence-electron chi connectivity index (χ2n) is 5.11. The lowest BCUT2D eigenvalue weighted by molar-refractivity contribution is 0.0515. The zero-order valence-electron chi connectivity index (χ0n) is 12.3. The number of benzene rings is 1. The van der Waals surface area contributed by atoms with Crippen molar-refractivity contribution in [1.82, 2.24) is 10.2 Å². The molecule has 0 bridgehead atoms. The zero-order valence-corrected chi connectivity index (χ0v) is 12.3. The highest BCUT2D eigenvalue weighted by Gasteiger charge is 2.27. The predicted octanol–water partition coefficient (Wildman–Crippen LogP) is 0.889. The summed E-state index contributed by atoms with van der Waals surface area (Å²) in [5.74, 6) is 1.02. The summed E-state index contributed by atoms with van der Waals surface area (Å²) < 4.78 is 10.5. The molecule has 1 aliphatic rings. The minimum absolute atomic E-state index is 0.157. The zero-order chi connectivity index (χ0) is 15.5. The van der Waals surface area contributed by atoms with Crippen LogP contribution in [0.1, 0.15) is 0 Å². The predicted molar refractivity (Wildman–Crippen MR) is 82.6 cm³/mol. The molecule has 3 rings (SSSR count). The maximum Gasteiger partial charge on any atom is 0.188 e. The molecule has 1 aromatic carbocycles. The van der Waals surface area contributed by atoms with E-state index in [2.05, 4.69) is 10.2 Å². The summed E-state index contributed by atoms with van der Waals surface area (Å²) in [6.07, 6.45) is -0.312. The Morgan fingerprint density at radius 3 is 2.82 bits per heavy atom. The maximum atomic E-state index is 9.45. The molecule has 1 aliphatic heterocycles. The summed E-state index contributed by atoms with van der Waals surface area (Å²) in [6, 6.07) is 9.40. The molecule has 7 heteroatoms. The second kappa shape index (κ2) is 6.17. The minimum atomic E-state index is -0.312. The number of aliphatic hydroxyl groups excluding tert-OH is 1. The first-order valence-corrected chi connectivity index (χ1v) is 6.96. The van der Waals surface area contributed by atoms with Gasteiger partial charge in [-0.2, -0.15) is 0 Å². The quantitative estimate of drug-likeness (QED) is 0.792. The first-order chi connectivity index (χ1) is 10.7. The number of aromatic nitrogens is 2. The van der Waals surface area contributed by atoms with Gasteiger partial charge < -0.3 is 25.2 Å². The Bertz CT molecular complexity index is 659. The third-order valence-electron chi connectivity index (χ3n) is 3.50. The van der Waals surface area contributed by atoms with Crippen LogP contribution in [0.15, 0.2) is 30.3 Å². The SMILES string of the molecule is COCOc1ccccc1-c1cc(N2CC(O)C2)c(N)nn1. The minimum Gasteiger partial charge on any atom is -0.467 e. The molecular weight excluding hydrogens is 284 g/mol. The van der Waals surface area contributed by atoms with Gasteiger partial charge in [0.05, 0.1) is 17.5 Å². The lowest BCUT2D eigenvalue weighted by Gasteiger charge is -2.38. The molecule has 116 valence electrons. The van der Waals surface area contributed by atoms with E-state index < -0.39 is 0 Å². The van der Waals surface area contributed by atoms with E-state index in [4.69, 9.17) is 15.2 Å². The standard InChI is InChI=1S/C15H18N4O3/c1-21-9-22-14-5-3-2-4-11(14)12-6-13(15(16)18-17-12)19-7-10(20)8-19/h2-6,10,20H,7-9H2,1H3,(H2,16,18). The first kappa shape index (κ1) is 14.6. The Balaban J connectivity index is 1.93. The summed E-state index contributed by atoms with van der Waals surface area (Å²) in [4.78, 5) is 1.97. The molecule has 2 heterocycles. The smallest absolute Gasteiger partial charge is 0.188 e. The van der Waals surface area contributed by atoms with Gasteiger partial charge in [-0.3, -0.25) is 0 Å². The number of hydrogen-bond donors (Lipinski definition) is 2. The van der Waals surface area contributed by atoms with E-state index in [9.17, 15) is 5.11 Å². The van der Waals surface area contributed by atoms with Crippen molar-refractivity contribution in [3.63, 3.8) is 0 Å². The number of nitrogens with zero attached hydrogens (tertiary/aromatic N) is 3. The molecule has 1 fully saturated rings. The number of anilines is 2. The van der Waals surface area contributed by atoms with Crippen molar-refractivity contribution in [2.75, 3.05) is 37.6 Å². The molecular formula is C15H18N4O3. The molecule has 0 saturated carbocycles. The van der Waals surface area contributed by atoms with Crippen molar-refractivity contribution < 1.29 is 14.6 Å². The Hall–Kier alpha value is -2.38. The molecule has 3 N–H and O–H groups in total. The molecule has 0 aliphatic carbocycles. The molecule has 0 atom stereocenters. The number of nitrogen functional groups attached to an aromatic ring is 1. The lowest BCUT2D eigenvalue weighted by atomic mass is 10.1. The van der Waals surface area contributed by atoms with Gasteiger partial charge in [-0.05, 0) is 18.2 Å². The molecule has 7 nitrogen and oxygen atoms in total. The normalized spacial score (nSPS) is 14.7. The van der Waals surface area contributed by atoms with Crippen LogP contribution >= 0.6 is 0 Å². The molecule has 0 unspecified atom stereocenters. The third kappa shape index (κ3) is 2.81. The van der Waals surface area contributed by atoms with Crippen LogP contribution in [-0.2, 0) is 4.74 Å². The van der Waals surface area contributed by atoms with E-state index in [0.717, 1.165) is 11.3 Å². The van der Waals surface area contributed by atoms with Gasteiger partial charge in [0.2, 0.25) is 0 Å². The topological polar surface area (TPSA) is 93.7 Å². The van der Waals surface area contributed by atoms with E-state index in [0.29, 0.717) is 30.4 Å². The van der Waals surface area contributed by atoms with Gasteiger partial charge >= 0.3 is 0 Å². The Morgan fingerprint density at radius 2 is 2.09 bits per heavy atom. The van der Waals surface area contributed by atoms with Crippen molar-refractivity contribution in [2.45, 2.75) is 6.10 Å². The number of nitrogens with two attached hydrogens (primary N) is 1. The van der Waals surface area contributed by atoms with E-state index in [1.165, 1.54) is 0 Å². The molecule has 0 radical (unpaired) electrons. The lowest BCUT2D eigenvalue weighted by Crippen LogP contribution is -2.51. The summed E-state index contributed by atoms with van der Waals surface area (Å²) in [7, 11) is 1.57. The van der Waals surface area contributed by atoms with Crippen LogP contribution in [0.25, 0.3) is 11.3 Å². The highest BCUT2D eigenvalue weighted by atomic mass is 16.7. The Labute approximate surface area is 128 Å². The monoisotopic (exact) mass is 302 g/mol. The summed E-state index contributed by atoms with van der Waals surface area (Å²) in [5.41, 5.74) is 8.15. The number of para-hydroxylation sites is 1. The van der Waals surface area contributed by atoms with E-state index >= 15 is 0 Å². The number of aliphatic hydroxyl groups is 1. The summed E-state index contributed by atoms with van der Waals surface area (Å²) in [6.45, 7) is 1.26. The maximum absolute atomic E-state index is 9.45. The van der Waals surface area contributed by atoms with E-state index in [1.807, 2.05) is 35.2 Å². The second-order valence-corrected chi connectivity index (χ2v) is 5.11. The number of β-amino-alcohol motifs (C(OH)–C–C–N with tert-alkyl or cyclic N) is 1. The number of rotatable bonds is 5.